The van der Waals surface area contributed by atoms with Crippen LogP contribution in [0.5, 0.6) is 0 Å². The first kappa shape index (κ1) is 26.3. The molecule has 176 valence electrons. The van der Waals surface area contributed by atoms with Gasteiger partial charge < -0.3 is 29.0 Å². The highest BCUT2D eigenvalue weighted by Crippen LogP contribution is 2.31. The molecule has 0 saturated carbocycles. The fraction of sp³-hybridized carbons (Fsp3) is 0.750. The summed E-state index contributed by atoms with van der Waals surface area (Å²) in [6, 6.07) is 0. The second-order valence-electron chi connectivity index (χ2n) is 7.13. The number of amides is 1. The molecule has 11 nitrogen and oxygen atoms in total. The van der Waals surface area contributed by atoms with Gasteiger partial charge in [-0.15, -0.1) is 0 Å². The van der Waals surface area contributed by atoms with Gasteiger partial charge in [0.25, 0.3) is 0 Å². The van der Waals surface area contributed by atoms with Crippen LogP contribution in [0.2, 0.25) is 0 Å². The molecular weight excluding hydrogens is 414 g/mol. The lowest BCUT2D eigenvalue weighted by molar-refractivity contribution is -0.253. The summed E-state index contributed by atoms with van der Waals surface area (Å²) in [5.74, 6) is -2.89. The Morgan fingerprint density at radius 2 is 1.29 bits per heavy atom. The molecule has 0 aromatic heterocycles. The van der Waals surface area contributed by atoms with E-state index in [9.17, 15) is 24.0 Å². The number of rotatable bonds is 10. The molecule has 1 rings (SSSR count). The van der Waals surface area contributed by atoms with Crippen LogP contribution in [0.15, 0.2) is 0 Å². The molecule has 0 radical (unpaired) electrons. The Labute approximate surface area is 181 Å². The minimum absolute atomic E-state index is 0.0493. The zero-order valence-corrected chi connectivity index (χ0v) is 18.5. The van der Waals surface area contributed by atoms with Crippen molar-refractivity contribution in [2.45, 2.75) is 84.4 Å². The first-order chi connectivity index (χ1) is 14.5. The van der Waals surface area contributed by atoms with Gasteiger partial charge in [-0.2, -0.15) is 0 Å². The Morgan fingerprint density at radius 1 is 0.774 bits per heavy atom. The summed E-state index contributed by atoms with van der Waals surface area (Å²) < 4.78 is 26.9. The maximum Gasteiger partial charge on any atom is 0.303 e. The van der Waals surface area contributed by atoms with E-state index in [2.05, 4.69) is 5.32 Å². The fourth-order valence-corrected chi connectivity index (χ4v) is 3.18. The smallest absolute Gasteiger partial charge is 0.303 e. The molecule has 0 aromatic carbocycles. The van der Waals surface area contributed by atoms with E-state index in [0.717, 1.165) is 20.3 Å². The van der Waals surface area contributed by atoms with E-state index in [4.69, 9.17) is 23.7 Å². The molecule has 0 bridgehead atoms. The lowest BCUT2D eigenvalue weighted by atomic mass is 9.91. The van der Waals surface area contributed by atoms with Crippen LogP contribution in [0.1, 0.15) is 53.9 Å². The van der Waals surface area contributed by atoms with Crippen molar-refractivity contribution in [2.75, 3.05) is 13.2 Å². The molecule has 0 aliphatic carbocycles. The highest BCUT2D eigenvalue weighted by atomic mass is 16.7. The summed E-state index contributed by atoms with van der Waals surface area (Å²) in [4.78, 5) is 58.5. The molecule has 1 saturated heterocycles. The number of hydrogen-bond acceptors (Lipinski definition) is 10. The third-order valence-electron chi connectivity index (χ3n) is 4.32. The summed E-state index contributed by atoms with van der Waals surface area (Å²) in [6.45, 7) is 6.80. The highest BCUT2D eigenvalue weighted by Gasteiger charge is 2.51. The molecule has 1 fully saturated rings. The zero-order chi connectivity index (χ0) is 23.6. The normalized spacial score (nSPS) is 25.1. The number of hydrogen-bond donors (Lipinski definition) is 1. The van der Waals surface area contributed by atoms with E-state index in [1.54, 1.807) is 0 Å². The van der Waals surface area contributed by atoms with Gasteiger partial charge in [-0.25, -0.2) is 0 Å². The van der Waals surface area contributed by atoms with Gasteiger partial charge in [0.1, 0.15) is 12.7 Å². The van der Waals surface area contributed by atoms with Crippen LogP contribution in [0.3, 0.4) is 0 Å². The van der Waals surface area contributed by atoms with E-state index < -0.39 is 54.4 Å². The summed E-state index contributed by atoms with van der Waals surface area (Å²) >= 11 is 0. The molecular formula is C20H31NO10. The van der Waals surface area contributed by atoms with Gasteiger partial charge in [-0.3, -0.25) is 24.0 Å². The summed E-state index contributed by atoms with van der Waals surface area (Å²) in [5.41, 5.74) is 0. The maximum absolute atomic E-state index is 12.0. The Balaban J connectivity index is 3.20. The molecule has 1 N–H and O–H groups in total. The zero-order valence-electron chi connectivity index (χ0n) is 18.5. The quantitative estimate of drug-likeness (QED) is 0.371. The maximum atomic E-state index is 12.0. The minimum Gasteiger partial charge on any atom is -0.463 e. The van der Waals surface area contributed by atoms with Gasteiger partial charge in [0.05, 0.1) is 6.10 Å². The molecule has 1 heterocycles. The van der Waals surface area contributed by atoms with Crippen LogP contribution < -0.4 is 5.32 Å². The predicted molar refractivity (Wildman–Crippen MR) is 104 cm³/mol. The van der Waals surface area contributed by atoms with E-state index in [1.165, 1.54) is 13.8 Å². The van der Waals surface area contributed by atoms with E-state index in [-0.39, 0.29) is 25.4 Å². The van der Waals surface area contributed by atoms with Crippen LogP contribution >= 0.6 is 0 Å². The van der Waals surface area contributed by atoms with Crippen molar-refractivity contribution >= 4 is 29.8 Å². The lowest BCUT2D eigenvalue weighted by Crippen LogP contribution is -2.62. The van der Waals surface area contributed by atoms with Crippen molar-refractivity contribution < 1.29 is 47.7 Å². The summed E-state index contributed by atoms with van der Waals surface area (Å²) in [5, 5.41) is 2.73. The van der Waals surface area contributed by atoms with Crippen LogP contribution in [-0.2, 0) is 47.7 Å². The molecule has 0 spiro atoms. The van der Waals surface area contributed by atoms with Crippen LogP contribution in [-0.4, -0.2) is 73.5 Å². The minimum atomic E-state index is -1.22. The van der Waals surface area contributed by atoms with Gasteiger partial charge in [0.15, 0.2) is 18.3 Å². The summed E-state index contributed by atoms with van der Waals surface area (Å²) in [6.07, 6.45) is -4.51. The molecule has 0 unspecified atom stereocenters. The molecule has 1 aliphatic rings. The molecule has 31 heavy (non-hydrogen) atoms. The molecule has 1 aliphatic heterocycles. The molecule has 11 heteroatoms. The number of esters is 4. The second kappa shape index (κ2) is 12.9. The van der Waals surface area contributed by atoms with Crippen molar-refractivity contribution in [2.24, 2.45) is 0 Å². The SMILES string of the molecule is CCCNC(=O)CC[C@H]1O[C@H](COC(C)=O)[C@@H](OC(C)=O)[C@H](OC(C)=O)[C@H]1OC(C)=O. The first-order valence-corrected chi connectivity index (χ1v) is 10.1. The first-order valence-electron chi connectivity index (χ1n) is 10.1. The molecule has 5 atom stereocenters. The molecule has 1 amide bonds. The summed E-state index contributed by atoms with van der Waals surface area (Å²) in [7, 11) is 0. The fourth-order valence-electron chi connectivity index (χ4n) is 3.18. The third kappa shape index (κ3) is 9.33. The Kier molecular flexibility index (Phi) is 10.9. The standard InChI is InChI=1S/C20H31NO10/c1-6-9-21-17(26)8-7-15-18(28-12(3)23)20(30-14(5)25)19(29-13(4)24)16(31-15)10-27-11(2)22/h15-16,18-20H,6-10H2,1-5H3,(H,21,26)/t15-,16-,18+,19-,20-/m1/s1. The average Bonchev–Trinajstić information content (AvgIpc) is 2.65. The lowest BCUT2D eigenvalue weighted by Gasteiger charge is -2.44. The van der Waals surface area contributed by atoms with Gasteiger partial charge in [0.2, 0.25) is 5.91 Å². The number of carbonyl (C=O) groups excluding carboxylic acids is 5. The van der Waals surface area contributed by atoms with Crippen molar-refractivity contribution in [3.63, 3.8) is 0 Å². The van der Waals surface area contributed by atoms with Gasteiger partial charge >= 0.3 is 23.9 Å². The molecule has 0 aromatic rings. The van der Waals surface area contributed by atoms with Gasteiger partial charge in [-0.1, -0.05) is 6.92 Å². The largest absolute Gasteiger partial charge is 0.463 e. The third-order valence-corrected chi connectivity index (χ3v) is 4.32. The number of ether oxygens (including phenoxy) is 5. The second-order valence-corrected chi connectivity index (χ2v) is 7.13. The van der Waals surface area contributed by atoms with Crippen molar-refractivity contribution in [1.29, 1.82) is 0 Å². The van der Waals surface area contributed by atoms with E-state index in [0.29, 0.717) is 6.54 Å². The highest BCUT2D eigenvalue weighted by molar-refractivity contribution is 5.75. The van der Waals surface area contributed by atoms with Crippen LogP contribution in [0, 0.1) is 0 Å². The topological polar surface area (TPSA) is 144 Å². The average molecular weight is 445 g/mol. The monoisotopic (exact) mass is 445 g/mol. The van der Waals surface area contributed by atoms with Crippen molar-refractivity contribution in [3.8, 4) is 0 Å². The van der Waals surface area contributed by atoms with Crippen LogP contribution in [0.25, 0.3) is 0 Å². The predicted octanol–water partition coefficient (Wildman–Crippen LogP) is 0.418. The van der Waals surface area contributed by atoms with Gasteiger partial charge in [0, 0.05) is 40.7 Å². The van der Waals surface area contributed by atoms with Crippen molar-refractivity contribution in [3.05, 3.63) is 0 Å². The number of nitrogens with one attached hydrogen (secondary N) is 1. The Morgan fingerprint density at radius 3 is 1.77 bits per heavy atom. The van der Waals surface area contributed by atoms with Gasteiger partial charge in [-0.05, 0) is 12.8 Å². The van der Waals surface area contributed by atoms with Crippen LogP contribution in [0.4, 0.5) is 0 Å². The Hall–Kier alpha value is -2.69. The van der Waals surface area contributed by atoms with E-state index in [1.807, 2.05) is 6.92 Å². The van der Waals surface area contributed by atoms with E-state index >= 15 is 0 Å². The number of carbonyl (C=O) groups is 5. The Bertz CT molecular complexity index is 664. The van der Waals surface area contributed by atoms with Crippen molar-refractivity contribution in [1.82, 2.24) is 5.32 Å².